The van der Waals surface area contributed by atoms with E-state index in [1.54, 1.807) is 6.07 Å². The predicted molar refractivity (Wildman–Crippen MR) is 91.5 cm³/mol. The minimum absolute atomic E-state index is 0.00187. The highest BCUT2D eigenvalue weighted by atomic mass is 19.4. The molecule has 0 atom stereocenters. The molecule has 0 amide bonds. The van der Waals surface area contributed by atoms with Crippen LogP contribution in [-0.2, 0) is 19.2 Å². The third-order valence-electron chi connectivity index (χ3n) is 3.74. The Balaban J connectivity index is 1.74. The lowest BCUT2D eigenvalue weighted by atomic mass is 10.1. The van der Waals surface area contributed by atoms with Gasteiger partial charge in [0.1, 0.15) is 12.3 Å². The average Bonchev–Trinajstić information content (AvgIpc) is 3.08. The smallest absolute Gasteiger partial charge is 0.416 e. The van der Waals surface area contributed by atoms with Crippen LogP contribution in [0.15, 0.2) is 34.9 Å². The molecule has 0 saturated heterocycles. The summed E-state index contributed by atoms with van der Waals surface area (Å²) in [7, 11) is 0. The van der Waals surface area contributed by atoms with Crippen LogP contribution in [0.4, 0.5) is 24.9 Å². The molecule has 0 unspecified atom stereocenters. The van der Waals surface area contributed by atoms with Crippen molar-refractivity contribution >= 4 is 11.8 Å². The van der Waals surface area contributed by atoms with Gasteiger partial charge in [-0.15, -0.1) is 0 Å². The van der Waals surface area contributed by atoms with E-state index >= 15 is 0 Å². The quantitative estimate of drug-likeness (QED) is 0.698. The van der Waals surface area contributed by atoms with Gasteiger partial charge >= 0.3 is 6.18 Å². The van der Waals surface area contributed by atoms with Gasteiger partial charge in [-0.2, -0.15) is 18.2 Å². The molecule has 0 aliphatic carbocycles. The Hall–Kier alpha value is -3.30. The van der Waals surface area contributed by atoms with Gasteiger partial charge in [-0.05, 0) is 18.6 Å². The number of ether oxygens (including phenoxy) is 1. The Morgan fingerprint density at radius 2 is 1.81 bits per heavy atom. The number of benzene rings is 1. The molecule has 0 bridgehead atoms. The highest BCUT2D eigenvalue weighted by molar-refractivity contribution is 5.59. The summed E-state index contributed by atoms with van der Waals surface area (Å²) in [4.78, 5) is 7.93. The fourth-order valence-electron chi connectivity index (χ4n) is 2.42. The fraction of sp³-hybridized carbons (Fsp3) is 0.235. The van der Waals surface area contributed by atoms with E-state index in [0.29, 0.717) is 34.9 Å². The highest BCUT2D eigenvalue weighted by Gasteiger charge is 2.30. The van der Waals surface area contributed by atoms with Gasteiger partial charge in [0.15, 0.2) is 17.3 Å². The lowest BCUT2D eigenvalue weighted by Crippen LogP contribution is -2.08. The SMILES string of the molecule is CCc1nc(N)nc(N)c1OCc1cc(-c2ccc(C(F)(F)F)cc2)no1. The summed E-state index contributed by atoms with van der Waals surface area (Å²) < 4.78 is 48.7. The van der Waals surface area contributed by atoms with Crippen molar-refractivity contribution in [3.05, 3.63) is 47.3 Å². The Morgan fingerprint density at radius 1 is 1.11 bits per heavy atom. The first-order chi connectivity index (χ1) is 12.8. The Morgan fingerprint density at radius 3 is 2.44 bits per heavy atom. The van der Waals surface area contributed by atoms with E-state index in [4.69, 9.17) is 20.7 Å². The molecular formula is C17H16F3N5O2. The number of hydrogen-bond acceptors (Lipinski definition) is 7. The molecule has 2 heterocycles. The average molecular weight is 379 g/mol. The standard InChI is InChI=1S/C17H16F3N5O2/c1-2-12-14(15(21)24-16(22)23-12)26-8-11-7-13(25-27-11)9-3-5-10(6-4-9)17(18,19)20/h3-7H,2,8H2,1H3,(H4,21,22,23,24). The fourth-order valence-corrected chi connectivity index (χ4v) is 2.42. The maximum absolute atomic E-state index is 12.6. The number of nitrogens with zero attached hydrogens (tertiary/aromatic N) is 3. The van der Waals surface area contributed by atoms with Crippen LogP contribution in [0.3, 0.4) is 0 Å². The molecule has 0 saturated carbocycles. The number of hydrogen-bond donors (Lipinski definition) is 2. The highest BCUT2D eigenvalue weighted by Crippen LogP contribution is 2.31. The third-order valence-corrected chi connectivity index (χ3v) is 3.74. The lowest BCUT2D eigenvalue weighted by Gasteiger charge is -2.10. The number of aromatic nitrogens is 3. The van der Waals surface area contributed by atoms with Crippen LogP contribution in [0.25, 0.3) is 11.3 Å². The Labute approximate surface area is 152 Å². The van der Waals surface area contributed by atoms with E-state index in [-0.39, 0.29) is 18.4 Å². The summed E-state index contributed by atoms with van der Waals surface area (Å²) in [5, 5.41) is 3.85. The summed E-state index contributed by atoms with van der Waals surface area (Å²) in [6, 6.07) is 6.20. The Kier molecular flexibility index (Phi) is 4.89. The van der Waals surface area contributed by atoms with Crippen LogP contribution in [0.2, 0.25) is 0 Å². The molecule has 1 aromatic carbocycles. The van der Waals surface area contributed by atoms with Gasteiger partial charge in [-0.25, -0.2) is 4.98 Å². The van der Waals surface area contributed by atoms with Crippen molar-refractivity contribution in [3.8, 4) is 17.0 Å². The maximum Gasteiger partial charge on any atom is 0.416 e. The number of rotatable bonds is 5. The number of alkyl halides is 3. The Bertz CT molecular complexity index is 939. The van der Waals surface area contributed by atoms with E-state index in [0.717, 1.165) is 12.1 Å². The molecule has 0 aliphatic heterocycles. The van der Waals surface area contributed by atoms with Crippen molar-refractivity contribution in [1.82, 2.24) is 15.1 Å². The van der Waals surface area contributed by atoms with Gasteiger partial charge in [0.2, 0.25) is 5.95 Å². The molecule has 3 rings (SSSR count). The van der Waals surface area contributed by atoms with Crippen LogP contribution < -0.4 is 16.2 Å². The third kappa shape index (κ3) is 4.10. The molecule has 2 aromatic heterocycles. The topological polar surface area (TPSA) is 113 Å². The van der Waals surface area contributed by atoms with Crippen molar-refractivity contribution in [2.24, 2.45) is 0 Å². The predicted octanol–water partition coefficient (Wildman–Crippen LogP) is 3.46. The van der Waals surface area contributed by atoms with E-state index < -0.39 is 11.7 Å². The van der Waals surface area contributed by atoms with Crippen molar-refractivity contribution < 1.29 is 22.4 Å². The summed E-state index contributed by atoms with van der Waals surface area (Å²) >= 11 is 0. The number of nitrogen functional groups attached to an aromatic ring is 2. The van der Waals surface area contributed by atoms with Crippen LogP contribution in [0, 0.1) is 0 Å². The number of nitrogens with two attached hydrogens (primary N) is 2. The molecule has 142 valence electrons. The van der Waals surface area contributed by atoms with Gasteiger partial charge in [-0.3, -0.25) is 0 Å². The molecule has 10 heteroatoms. The van der Waals surface area contributed by atoms with E-state index in [2.05, 4.69) is 15.1 Å². The zero-order valence-corrected chi connectivity index (χ0v) is 14.2. The van der Waals surface area contributed by atoms with Crippen molar-refractivity contribution in [1.29, 1.82) is 0 Å². The van der Waals surface area contributed by atoms with Crippen LogP contribution in [-0.4, -0.2) is 15.1 Å². The molecule has 0 radical (unpaired) electrons. The number of anilines is 2. The lowest BCUT2D eigenvalue weighted by molar-refractivity contribution is -0.137. The number of aryl methyl sites for hydroxylation is 1. The van der Waals surface area contributed by atoms with E-state index in [9.17, 15) is 13.2 Å². The molecular weight excluding hydrogens is 363 g/mol. The maximum atomic E-state index is 12.6. The summed E-state index contributed by atoms with van der Waals surface area (Å²) in [6.07, 6.45) is -3.85. The first-order valence-electron chi connectivity index (χ1n) is 7.95. The molecule has 0 fully saturated rings. The zero-order chi connectivity index (χ0) is 19.6. The summed E-state index contributed by atoms with van der Waals surface area (Å²) in [5.41, 5.74) is 12.1. The zero-order valence-electron chi connectivity index (χ0n) is 14.2. The second-order valence-corrected chi connectivity index (χ2v) is 5.64. The van der Waals surface area contributed by atoms with Gasteiger partial charge in [0.05, 0.1) is 11.3 Å². The largest absolute Gasteiger partial charge is 0.480 e. The van der Waals surface area contributed by atoms with Crippen LogP contribution in [0.1, 0.15) is 23.9 Å². The molecule has 4 N–H and O–H groups in total. The minimum Gasteiger partial charge on any atom is -0.480 e. The van der Waals surface area contributed by atoms with Gasteiger partial charge in [0.25, 0.3) is 0 Å². The summed E-state index contributed by atoms with van der Waals surface area (Å²) in [6.45, 7) is 1.86. The van der Waals surface area contributed by atoms with Crippen molar-refractivity contribution in [2.45, 2.75) is 26.1 Å². The summed E-state index contributed by atoms with van der Waals surface area (Å²) in [5.74, 6) is 0.838. The van der Waals surface area contributed by atoms with Crippen molar-refractivity contribution in [3.63, 3.8) is 0 Å². The van der Waals surface area contributed by atoms with E-state index in [1.165, 1.54) is 12.1 Å². The van der Waals surface area contributed by atoms with E-state index in [1.807, 2.05) is 6.92 Å². The second kappa shape index (κ2) is 7.14. The van der Waals surface area contributed by atoms with Crippen LogP contribution >= 0.6 is 0 Å². The molecule has 0 spiro atoms. The van der Waals surface area contributed by atoms with Gasteiger partial charge in [0, 0.05) is 11.6 Å². The minimum atomic E-state index is -4.39. The van der Waals surface area contributed by atoms with Crippen LogP contribution in [0.5, 0.6) is 5.75 Å². The monoisotopic (exact) mass is 379 g/mol. The molecule has 3 aromatic rings. The molecule has 0 aliphatic rings. The number of halogens is 3. The molecule has 27 heavy (non-hydrogen) atoms. The second-order valence-electron chi connectivity index (χ2n) is 5.64. The van der Waals surface area contributed by atoms with Gasteiger partial charge < -0.3 is 20.7 Å². The van der Waals surface area contributed by atoms with Crippen molar-refractivity contribution in [2.75, 3.05) is 11.5 Å². The first-order valence-corrected chi connectivity index (χ1v) is 7.95. The molecule has 7 nitrogen and oxygen atoms in total. The van der Waals surface area contributed by atoms with Gasteiger partial charge in [-0.1, -0.05) is 24.2 Å². The first kappa shape index (κ1) is 18.5. The normalized spacial score (nSPS) is 11.6.